The molecule has 1 amide bonds. The molecule has 2 heterocycles. The van der Waals surface area contributed by atoms with Gasteiger partial charge in [0.25, 0.3) is 0 Å². The molecule has 2 aliphatic rings. The summed E-state index contributed by atoms with van der Waals surface area (Å²) in [4.78, 5) is 13.9. The van der Waals surface area contributed by atoms with E-state index < -0.39 is 39.1 Å². The normalized spacial score (nSPS) is 25.0. The van der Waals surface area contributed by atoms with Crippen molar-refractivity contribution in [2.45, 2.75) is 55.3 Å². The zero-order valence-corrected chi connectivity index (χ0v) is 17.9. The number of carbonyl (C=O) groups is 1. The number of nitrogens with one attached hydrogen (secondary N) is 1. The summed E-state index contributed by atoms with van der Waals surface area (Å²) in [5.41, 5.74) is -1.94. The molecule has 2 fully saturated rings. The molecule has 1 aromatic carbocycles. The second-order valence-corrected chi connectivity index (χ2v) is 10.3. The predicted molar refractivity (Wildman–Crippen MR) is 103 cm³/mol. The monoisotopic (exact) mass is 448 g/mol. The van der Waals surface area contributed by atoms with Crippen molar-refractivity contribution in [2.24, 2.45) is 0 Å². The Kier molecular flexibility index (Phi) is 6.26. The summed E-state index contributed by atoms with van der Waals surface area (Å²) in [6.07, 6.45) is -0.435. The van der Waals surface area contributed by atoms with Crippen LogP contribution in [0.4, 0.5) is 13.6 Å². The number of hydrogen-bond donors (Lipinski definition) is 1. The first-order valence-corrected chi connectivity index (χ1v) is 11.1. The fourth-order valence-electron chi connectivity index (χ4n) is 3.73. The molecular weight excluding hydrogens is 422 g/mol. The molecule has 2 atom stereocenters. The van der Waals surface area contributed by atoms with Crippen LogP contribution in [0.3, 0.4) is 0 Å². The van der Waals surface area contributed by atoms with Gasteiger partial charge in [-0.1, -0.05) is 0 Å². The molecule has 3 rings (SSSR count). The molecule has 1 N–H and O–H groups in total. The maximum Gasteiger partial charge on any atom is 0.411 e. The molecule has 0 bridgehead atoms. The highest BCUT2D eigenvalue weighted by molar-refractivity contribution is 7.92. The van der Waals surface area contributed by atoms with Gasteiger partial charge in [0.1, 0.15) is 17.0 Å². The summed E-state index contributed by atoms with van der Waals surface area (Å²) in [7, 11) is -4.12. The number of carbonyl (C=O) groups excluding carboxylic acids is 1. The van der Waals surface area contributed by atoms with Gasteiger partial charge in [0.15, 0.2) is 5.37 Å². The minimum Gasteiger partial charge on any atom is -0.444 e. The van der Waals surface area contributed by atoms with E-state index in [9.17, 15) is 22.0 Å². The molecule has 0 aromatic heterocycles. The number of sulfone groups is 1. The fourth-order valence-corrected chi connectivity index (χ4v) is 5.86. The molecule has 1 aromatic rings. The number of nitrogens with zero attached hydrogens (tertiary/aromatic N) is 1. The molecule has 30 heavy (non-hydrogen) atoms. The third-order valence-corrected chi connectivity index (χ3v) is 7.10. The highest BCUT2D eigenvalue weighted by Crippen LogP contribution is 2.40. The molecule has 8 nitrogen and oxygen atoms in total. The largest absolute Gasteiger partial charge is 0.444 e. The highest BCUT2D eigenvalue weighted by atomic mass is 32.2. The van der Waals surface area contributed by atoms with Crippen LogP contribution >= 0.6 is 0 Å². The number of morpholine rings is 1. The van der Waals surface area contributed by atoms with E-state index in [0.29, 0.717) is 19.6 Å². The van der Waals surface area contributed by atoms with E-state index in [1.54, 1.807) is 20.8 Å². The van der Waals surface area contributed by atoms with Gasteiger partial charge in [-0.15, -0.1) is 0 Å². The SMILES string of the molecule is CC(C)(C)OC(=O)N1CCC2(CNCCO2)C1S(=O)(=O)c1ccc(OC(F)F)cc1. The average molecular weight is 448 g/mol. The van der Waals surface area contributed by atoms with Gasteiger partial charge in [-0.3, -0.25) is 4.90 Å². The number of rotatable bonds is 4. The Labute approximate surface area is 174 Å². The summed E-state index contributed by atoms with van der Waals surface area (Å²) in [6, 6.07) is 4.67. The van der Waals surface area contributed by atoms with Gasteiger partial charge in [0.05, 0.1) is 11.5 Å². The lowest BCUT2D eigenvalue weighted by Crippen LogP contribution is -2.60. The minimum absolute atomic E-state index is 0.127. The lowest BCUT2D eigenvalue weighted by atomic mass is 10.0. The van der Waals surface area contributed by atoms with Crippen LogP contribution < -0.4 is 10.1 Å². The molecule has 168 valence electrons. The molecule has 0 radical (unpaired) electrons. The average Bonchev–Trinajstić information content (AvgIpc) is 3.00. The summed E-state index contributed by atoms with van der Waals surface area (Å²) < 4.78 is 67.6. The Hall–Kier alpha value is -1.98. The second kappa shape index (κ2) is 8.27. The van der Waals surface area contributed by atoms with Gasteiger partial charge >= 0.3 is 12.7 Å². The topological polar surface area (TPSA) is 94.2 Å². The van der Waals surface area contributed by atoms with E-state index in [1.807, 2.05) is 0 Å². The van der Waals surface area contributed by atoms with Crippen molar-refractivity contribution in [1.82, 2.24) is 10.2 Å². The van der Waals surface area contributed by atoms with Crippen molar-refractivity contribution in [3.8, 4) is 5.75 Å². The Morgan fingerprint density at radius 1 is 1.30 bits per heavy atom. The first-order valence-electron chi connectivity index (χ1n) is 9.58. The zero-order valence-electron chi connectivity index (χ0n) is 17.1. The van der Waals surface area contributed by atoms with Crippen molar-refractivity contribution in [1.29, 1.82) is 0 Å². The van der Waals surface area contributed by atoms with Crippen LogP contribution in [0.15, 0.2) is 29.2 Å². The third-order valence-electron chi connectivity index (χ3n) is 4.90. The van der Waals surface area contributed by atoms with E-state index in [4.69, 9.17) is 9.47 Å². The van der Waals surface area contributed by atoms with Crippen LogP contribution in [0.25, 0.3) is 0 Å². The number of alkyl halides is 2. The van der Waals surface area contributed by atoms with Gasteiger partial charge in [0, 0.05) is 19.6 Å². The van der Waals surface area contributed by atoms with Gasteiger partial charge < -0.3 is 19.5 Å². The van der Waals surface area contributed by atoms with Crippen LogP contribution in [-0.2, 0) is 19.3 Å². The molecule has 2 saturated heterocycles. The summed E-state index contributed by atoms with van der Waals surface area (Å²) in [6.45, 7) is 3.34. The quantitative estimate of drug-likeness (QED) is 0.756. The predicted octanol–water partition coefficient (Wildman–Crippen LogP) is 2.39. The van der Waals surface area contributed by atoms with Crippen LogP contribution in [0.1, 0.15) is 27.2 Å². The lowest BCUT2D eigenvalue weighted by molar-refractivity contribution is -0.0682. The first kappa shape index (κ1) is 22.7. The van der Waals surface area contributed by atoms with Crippen molar-refractivity contribution in [3.63, 3.8) is 0 Å². The van der Waals surface area contributed by atoms with Crippen LogP contribution in [0, 0.1) is 0 Å². The molecule has 2 aliphatic heterocycles. The lowest BCUT2D eigenvalue weighted by Gasteiger charge is -2.40. The first-order chi connectivity index (χ1) is 13.9. The second-order valence-electron chi connectivity index (χ2n) is 8.26. The number of amides is 1. The van der Waals surface area contributed by atoms with Crippen molar-refractivity contribution < 1.29 is 36.2 Å². The number of benzene rings is 1. The Morgan fingerprint density at radius 2 is 1.97 bits per heavy atom. The van der Waals surface area contributed by atoms with E-state index in [0.717, 1.165) is 12.1 Å². The Morgan fingerprint density at radius 3 is 2.50 bits per heavy atom. The van der Waals surface area contributed by atoms with E-state index >= 15 is 0 Å². The fraction of sp³-hybridized carbons (Fsp3) is 0.632. The molecule has 1 spiro atoms. The number of halogens is 2. The number of ether oxygens (including phenoxy) is 3. The van der Waals surface area contributed by atoms with E-state index in [-0.39, 0.29) is 23.7 Å². The minimum atomic E-state index is -4.12. The number of hydrogen-bond acceptors (Lipinski definition) is 7. The van der Waals surface area contributed by atoms with E-state index in [1.165, 1.54) is 17.0 Å². The Bertz CT molecular complexity index is 864. The maximum absolute atomic E-state index is 13.6. The van der Waals surface area contributed by atoms with Gasteiger partial charge in [0.2, 0.25) is 9.84 Å². The zero-order chi connectivity index (χ0) is 22.2. The van der Waals surface area contributed by atoms with E-state index in [2.05, 4.69) is 10.1 Å². The highest BCUT2D eigenvalue weighted by Gasteiger charge is 2.58. The van der Waals surface area contributed by atoms with Crippen LogP contribution in [0.5, 0.6) is 5.75 Å². The van der Waals surface area contributed by atoms with Gasteiger partial charge in [-0.05, 0) is 51.5 Å². The molecule has 2 unspecified atom stereocenters. The smallest absolute Gasteiger partial charge is 0.411 e. The van der Waals surface area contributed by atoms with Crippen LogP contribution in [-0.4, -0.2) is 68.8 Å². The van der Waals surface area contributed by atoms with Crippen molar-refractivity contribution in [3.05, 3.63) is 24.3 Å². The Balaban J connectivity index is 1.97. The van der Waals surface area contributed by atoms with Crippen molar-refractivity contribution in [2.75, 3.05) is 26.2 Å². The molecule has 0 aliphatic carbocycles. The number of likely N-dealkylation sites (tertiary alicyclic amines) is 1. The van der Waals surface area contributed by atoms with Crippen molar-refractivity contribution >= 4 is 15.9 Å². The third kappa shape index (κ3) is 4.68. The van der Waals surface area contributed by atoms with Crippen LogP contribution in [0.2, 0.25) is 0 Å². The standard InChI is InChI=1S/C19H26F2N2O6S/c1-18(2,3)29-17(24)23-10-8-19(12-22-9-11-27-19)15(23)30(25,26)14-6-4-13(5-7-14)28-16(20)21/h4-7,15-16,22H,8-12H2,1-3H3. The molecule has 0 saturated carbocycles. The summed E-state index contributed by atoms with van der Waals surface area (Å²) in [5, 5.41) is 1.81. The van der Waals surface area contributed by atoms with Gasteiger partial charge in [-0.2, -0.15) is 8.78 Å². The summed E-state index contributed by atoms with van der Waals surface area (Å²) in [5.74, 6) is -0.162. The molecular formula is C19H26F2N2O6S. The van der Waals surface area contributed by atoms with Gasteiger partial charge in [-0.25, -0.2) is 13.2 Å². The maximum atomic E-state index is 13.6. The summed E-state index contributed by atoms with van der Waals surface area (Å²) >= 11 is 0. The molecule has 11 heteroatoms.